The number of aromatic nitrogens is 2. The van der Waals surface area contributed by atoms with Crippen LogP contribution in [-0.2, 0) is 4.74 Å². The zero-order valence-corrected chi connectivity index (χ0v) is 9.72. The van der Waals surface area contributed by atoms with Crippen LogP contribution in [-0.4, -0.2) is 41.3 Å². The molecule has 0 saturated carbocycles. The first-order valence-corrected chi connectivity index (χ1v) is 5.63. The van der Waals surface area contributed by atoms with Crippen molar-refractivity contribution in [1.82, 2.24) is 15.0 Å². The number of ether oxygens (including phenoxy) is 1. The van der Waals surface area contributed by atoms with Crippen LogP contribution in [0.2, 0.25) is 0 Å². The Labute approximate surface area is 94.7 Å². The molecule has 0 amide bonds. The number of hydrogen-bond donors (Lipinski definition) is 1. The zero-order chi connectivity index (χ0) is 11.5. The number of hydrogen-bond acceptors (Lipinski definition) is 6. The predicted molar refractivity (Wildman–Crippen MR) is 57.7 cm³/mol. The van der Waals surface area contributed by atoms with Gasteiger partial charge >= 0.3 is 0 Å². The van der Waals surface area contributed by atoms with Crippen LogP contribution in [0.4, 0.5) is 0 Å². The van der Waals surface area contributed by atoms with E-state index in [0.29, 0.717) is 18.3 Å². The molecular weight excluding hydrogens is 208 g/mol. The third-order valence-electron chi connectivity index (χ3n) is 2.73. The second-order valence-corrected chi connectivity index (χ2v) is 4.03. The molecule has 0 bridgehead atoms. The van der Waals surface area contributed by atoms with Crippen molar-refractivity contribution in [2.75, 3.05) is 26.2 Å². The molecule has 6 nitrogen and oxygen atoms in total. The van der Waals surface area contributed by atoms with E-state index in [2.05, 4.69) is 22.0 Å². The molecule has 0 aromatic carbocycles. The average Bonchev–Trinajstić information content (AvgIpc) is 2.78. The minimum absolute atomic E-state index is 0.0926. The number of nitrogens with two attached hydrogens (primary N) is 1. The van der Waals surface area contributed by atoms with Crippen molar-refractivity contribution in [2.45, 2.75) is 26.0 Å². The third-order valence-corrected chi connectivity index (χ3v) is 2.73. The maximum atomic E-state index is 5.66. The van der Waals surface area contributed by atoms with Gasteiger partial charge in [-0.2, -0.15) is 4.98 Å². The lowest BCUT2D eigenvalue weighted by Crippen LogP contribution is -2.38. The fraction of sp³-hybridized carbons (Fsp3) is 0.800. The van der Waals surface area contributed by atoms with E-state index < -0.39 is 0 Å². The minimum Gasteiger partial charge on any atom is -0.367 e. The van der Waals surface area contributed by atoms with Crippen LogP contribution in [0.3, 0.4) is 0 Å². The molecule has 1 aliphatic heterocycles. The van der Waals surface area contributed by atoms with Crippen molar-refractivity contribution in [3.8, 4) is 0 Å². The third kappa shape index (κ3) is 2.40. The number of nitrogens with zero attached hydrogens (tertiary/aromatic N) is 3. The van der Waals surface area contributed by atoms with Crippen LogP contribution in [0.15, 0.2) is 4.52 Å². The monoisotopic (exact) mass is 226 g/mol. The van der Waals surface area contributed by atoms with Gasteiger partial charge in [-0.15, -0.1) is 0 Å². The van der Waals surface area contributed by atoms with E-state index in [0.717, 1.165) is 19.6 Å². The van der Waals surface area contributed by atoms with Gasteiger partial charge in [0.1, 0.15) is 6.10 Å². The van der Waals surface area contributed by atoms with Gasteiger partial charge in [0, 0.05) is 13.1 Å². The van der Waals surface area contributed by atoms with Gasteiger partial charge in [0.05, 0.1) is 12.6 Å². The van der Waals surface area contributed by atoms with Gasteiger partial charge in [-0.25, -0.2) is 0 Å². The van der Waals surface area contributed by atoms with Gasteiger partial charge in [0.25, 0.3) is 0 Å². The van der Waals surface area contributed by atoms with Crippen molar-refractivity contribution in [1.29, 1.82) is 0 Å². The van der Waals surface area contributed by atoms with Gasteiger partial charge in [-0.3, -0.25) is 4.90 Å². The summed E-state index contributed by atoms with van der Waals surface area (Å²) in [5, 5.41) is 3.91. The summed E-state index contributed by atoms with van der Waals surface area (Å²) in [6, 6.07) is -0.230. The summed E-state index contributed by atoms with van der Waals surface area (Å²) in [6.07, 6.45) is -0.0926. The number of likely N-dealkylation sites (N-methyl/N-ethyl adjacent to an activating group) is 1. The molecule has 2 atom stereocenters. The summed E-state index contributed by atoms with van der Waals surface area (Å²) in [7, 11) is 0. The van der Waals surface area contributed by atoms with E-state index in [1.54, 1.807) is 0 Å². The minimum atomic E-state index is -0.230. The molecule has 1 aromatic heterocycles. The molecule has 16 heavy (non-hydrogen) atoms. The maximum Gasteiger partial charge on any atom is 0.243 e. The Morgan fingerprint density at radius 2 is 2.44 bits per heavy atom. The Balaban J connectivity index is 2.05. The first kappa shape index (κ1) is 11.5. The molecule has 90 valence electrons. The molecule has 1 unspecified atom stereocenters. The predicted octanol–water partition coefficient (Wildman–Crippen LogP) is 0.482. The Hall–Kier alpha value is -0.980. The molecular formula is C10H18N4O2. The molecule has 0 aliphatic carbocycles. The first-order valence-electron chi connectivity index (χ1n) is 5.63. The van der Waals surface area contributed by atoms with Crippen molar-refractivity contribution in [3.05, 3.63) is 11.7 Å². The summed E-state index contributed by atoms with van der Waals surface area (Å²) in [4.78, 5) is 6.55. The summed E-state index contributed by atoms with van der Waals surface area (Å²) in [5.74, 6) is 1.07. The smallest absolute Gasteiger partial charge is 0.243 e. The second-order valence-electron chi connectivity index (χ2n) is 4.03. The average molecular weight is 226 g/mol. The largest absolute Gasteiger partial charge is 0.367 e. The number of morpholine rings is 1. The fourth-order valence-electron chi connectivity index (χ4n) is 1.71. The quantitative estimate of drug-likeness (QED) is 0.808. The van der Waals surface area contributed by atoms with E-state index in [-0.39, 0.29) is 12.1 Å². The van der Waals surface area contributed by atoms with E-state index in [9.17, 15) is 0 Å². The highest BCUT2D eigenvalue weighted by atomic mass is 16.5. The fourth-order valence-corrected chi connectivity index (χ4v) is 1.71. The molecule has 0 radical (unpaired) electrons. The van der Waals surface area contributed by atoms with Crippen molar-refractivity contribution >= 4 is 0 Å². The standard InChI is InChI=1S/C10H18N4O2/c1-3-14-4-5-15-8(6-14)9-12-10(7(2)11)16-13-9/h7-8H,3-6,11H2,1-2H3/t7-,8?/m0/s1. The van der Waals surface area contributed by atoms with E-state index in [1.165, 1.54) is 0 Å². The van der Waals surface area contributed by atoms with Gasteiger partial charge in [0.2, 0.25) is 11.7 Å². The van der Waals surface area contributed by atoms with Crippen LogP contribution >= 0.6 is 0 Å². The van der Waals surface area contributed by atoms with Crippen molar-refractivity contribution in [2.24, 2.45) is 5.73 Å². The Kier molecular flexibility index (Phi) is 3.52. The van der Waals surface area contributed by atoms with Gasteiger partial charge in [-0.1, -0.05) is 12.1 Å². The SMILES string of the molecule is CCN1CCOC(c2noc([C@H](C)N)n2)C1. The summed E-state index contributed by atoms with van der Waals surface area (Å²) < 4.78 is 10.7. The molecule has 2 N–H and O–H groups in total. The van der Waals surface area contributed by atoms with Gasteiger partial charge in [-0.05, 0) is 13.5 Å². The molecule has 6 heteroatoms. The van der Waals surface area contributed by atoms with Crippen LogP contribution in [0, 0.1) is 0 Å². The molecule has 2 heterocycles. The van der Waals surface area contributed by atoms with Gasteiger partial charge in [0.15, 0.2) is 0 Å². The Bertz CT molecular complexity index is 339. The molecule has 2 rings (SSSR count). The lowest BCUT2D eigenvalue weighted by atomic mass is 10.2. The topological polar surface area (TPSA) is 77.4 Å². The molecule has 1 fully saturated rings. The number of rotatable bonds is 3. The van der Waals surface area contributed by atoms with Crippen molar-refractivity contribution in [3.63, 3.8) is 0 Å². The zero-order valence-electron chi connectivity index (χ0n) is 9.72. The highest BCUT2D eigenvalue weighted by Crippen LogP contribution is 2.20. The normalized spacial score (nSPS) is 24.6. The van der Waals surface area contributed by atoms with E-state index >= 15 is 0 Å². The highest BCUT2D eigenvalue weighted by Gasteiger charge is 2.25. The van der Waals surface area contributed by atoms with E-state index in [1.807, 2.05) is 6.92 Å². The Morgan fingerprint density at radius 1 is 1.62 bits per heavy atom. The summed E-state index contributed by atoms with van der Waals surface area (Å²) in [5.41, 5.74) is 5.66. The van der Waals surface area contributed by atoms with Crippen LogP contribution in [0.25, 0.3) is 0 Å². The molecule has 0 spiro atoms. The summed E-state index contributed by atoms with van der Waals surface area (Å²) >= 11 is 0. The van der Waals surface area contributed by atoms with Gasteiger partial charge < -0.3 is 15.0 Å². The van der Waals surface area contributed by atoms with Crippen LogP contribution in [0.5, 0.6) is 0 Å². The highest BCUT2D eigenvalue weighted by molar-refractivity contribution is 4.96. The second kappa shape index (κ2) is 4.90. The van der Waals surface area contributed by atoms with E-state index in [4.69, 9.17) is 15.0 Å². The maximum absolute atomic E-state index is 5.66. The molecule has 1 saturated heterocycles. The summed E-state index contributed by atoms with van der Waals surface area (Å²) in [6.45, 7) is 7.45. The molecule has 1 aliphatic rings. The van der Waals surface area contributed by atoms with Crippen LogP contribution < -0.4 is 5.73 Å². The van der Waals surface area contributed by atoms with Crippen molar-refractivity contribution < 1.29 is 9.26 Å². The first-order chi connectivity index (χ1) is 7.70. The lowest BCUT2D eigenvalue weighted by Gasteiger charge is -2.30. The lowest BCUT2D eigenvalue weighted by molar-refractivity contribution is -0.0334. The Morgan fingerprint density at radius 3 is 3.06 bits per heavy atom. The molecule has 1 aromatic rings. The van der Waals surface area contributed by atoms with Crippen LogP contribution in [0.1, 0.15) is 37.7 Å².